The average molecular weight is 435 g/mol. The molecule has 3 rings (SSSR count). The van der Waals surface area contributed by atoms with Crippen LogP contribution >= 0.6 is 0 Å². The van der Waals surface area contributed by atoms with Gasteiger partial charge in [-0.2, -0.15) is 0 Å². The van der Waals surface area contributed by atoms with Gasteiger partial charge in [0.2, 0.25) is 0 Å². The summed E-state index contributed by atoms with van der Waals surface area (Å²) in [5.74, 6) is -0.299. The number of carbonyl (C=O) groups is 1. The van der Waals surface area contributed by atoms with Crippen LogP contribution in [-0.4, -0.2) is 58.8 Å². The molecule has 0 radical (unpaired) electrons. The van der Waals surface area contributed by atoms with Gasteiger partial charge in [0.15, 0.2) is 0 Å². The van der Waals surface area contributed by atoms with Crippen LogP contribution in [0.3, 0.4) is 0 Å². The molecule has 162 valence electrons. The van der Waals surface area contributed by atoms with Crippen LogP contribution in [-0.2, 0) is 26.0 Å². The summed E-state index contributed by atoms with van der Waals surface area (Å²) in [6.07, 6.45) is 0. The summed E-state index contributed by atoms with van der Waals surface area (Å²) in [5, 5.41) is 0. The van der Waals surface area contributed by atoms with Gasteiger partial charge in [0.25, 0.3) is 15.9 Å². The zero-order valence-electron chi connectivity index (χ0n) is 17.0. The van der Waals surface area contributed by atoms with Crippen molar-refractivity contribution in [1.29, 1.82) is 0 Å². The minimum atomic E-state index is -4.10. The maximum Gasteiger partial charge on any atom is 0.273 e. The van der Waals surface area contributed by atoms with E-state index < -0.39 is 15.9 Å². The van der Waals surface area contributed by atoms with Gasteiger partial charge >= 0.3 is 0 Å². The lowest BCUT2D eigenvalue weighted by Crippen LogP contribution is -2.29. The third-order valence-electron chi connectivity index (χ3n) is 4.46. The quantitative estimate of drug-likeness (QED) is 0.501. The lowest BCUT2D eigenvalue weighted by atomic mass is 10.1. The molecule has 1 aliphatic heterocycles. The fourth-order valence-corrected chi connectivity index (χ4v) is 4.77. The molecule has 1 aliphatic rings. The number of hydrogen-bond donors (Lipinski definition) is 0. The highest BCUT2D eigenvalue weighted by molar-refractivity contribution is 7.90. The smallest absolute Gasteiger partial charge is 0.273 e. The molecular weight excluding hydrogens is 410 g/mol. The Bertz CT molecular complexity index is 976. The number of hydrogen-bond acceptors (Lipinski definition) is 7. The summed E-state index contributed by atoms with van der Waals surface area (Å²) < 4.78 is 48.8. The predicted molar refractivity (Wildman–Crippen MR) is 109 cm³/mol. The van der Waals surface area contributed by atoms with Crippen molar-refractivity contribution in [3.63, 3.8) is 0 Å². The van der Waals surface area contributed by atoms with E-state index in [0.29, 0.717) is 25.4 Å². The van der Waals surface area contributed by atoms with Crippen LogP contribution < -0.4 is 9.47 Å². The Labute approximate surface area is 176 Å². The Morgan fingerprint density at radius 2 is 1.60 bits per heavy atom. The highest BCUT2D eigenvalue weighted by Gasteiger charge is 2.46. The Morgan fingerprint density at radius 1 is 0.900 bits per heavy atom. The number of nitrogens with zero attached hydrogens (tertiary/aromatic N) is 1. The highest BCUT2D eigenvalue weighted by Crippen LogP contribution is 2.43. The second-order valence-electron chi connectivity index (χ2n) is 6.46. The van der Waals surface area contributed by atoms with Crippen molar-refractivity contribution in [3.8, 4) is 11.5 Å². The summed E-state index contributed by atoms with van der Waals surface area (Å²) in [6, 6.07) is 12.0. The maximum absolute atomic E-state index is 13.3. The SMILES string of the molecule is CCOc1ccc(OCCOCCOC)c2c1C(=O)N(Cc1ccccc1)S2(=O)=O. The van der Waals surface area contributed by atoms with E-state index in [2.05, 4.69) is 0 Å². The molecule has 0 N–H and O–H groups in total. The number of methoxy groups -OCH3 is 1. The lowest BCUT2D eigenvalue weighted by Gasteiger charge is -2.15. The number of sulfonamides is 1. The Morgan fingerprint density at radius 3 is 2.30 bits per heavy atom. The van der Waals surface area contributed by atoms with Crippen LogP contribution in [0.1, 0.15) is 22.8 Å². The third-order valence-corrected chi connectivity index (χ3v) is 6.25. The lowest BCUT2D eigenvalue weighted by molar-refractivity contribution is 0.0539. The van der Waals surface area contributed by atoms with E-state index in [1.165, 1.54) is 6.07 Å². The second kappa shape index (κ2) is 9.92. The molecule has 8 nitrogen and oxygen atoms in total. The predicted octanol–water partition coefficient (Wildman–Crippen LogP) is 2.47. The second-order valence-corrected chi connectivity index (χ2v) is 8.25. The molecule has 1 heterocycles. The van der Waals surface area contributed by atoms with E-state index in [4.69, 9.17) is 18.9 Å². The molecule has 9 heteroatoms. The normalized spacial score (nSPS) is 14.6. The van der Waals surface area contributed by atoms with Gasteiger partial charge in [0.1, 0.15) is 28.6 Å². The fourth-order valence-electron chi connectivity index (χ4n) is 3.10. The average Bonchev–Trinajstić information content (AvgIpc) is 2.94. The van der Waals surface area contributed by atoms with Crippen molar-refractivity contribution >= 4 is 15.9 Å². The molecule has 0 aliphatic carbocycles. The number of carbonyl (C=O) groups excluding carboxylic acids is 1. The molecule has 2 aromatic rings. The van der Waals surface area contributed by atoms with Gasteiger partial charge in [0.05, 0.1) is 33.0 Å². The molecule has 0 atom stereocenters. The minimum Gasteiger partial charge on any atom is -0.493 e. The number of ether oxygens (including phenoxy) is 4. The summed E-state index contributed by atoms with van der Waals surface area (Å²) >= 11 is 0. The van der Waals surface area contributed by atoms with Crippen molar-refractivity contribution in [1.82, 2.24) is 4.31 Å². The first-order valence-corrected chi connectivity index (χ1v) is 11.0. The van der Waals surface area contributed by atoms with Gasteiger partial charge in [-0.05, 0) is 24.6 Å². The van der Waals surface area contributed by atoms with Gasteiger partial charge < -0.3 is 18.9 Å². The van der Waals surface area contributed by atoms with Gasteiger partial charge in [-0.3, -0.25) is 4.79 Å². The van der Waals surface area contributed by atoms with E-state index in [0.717, 1.165) is 4.31 Å². The Hall–Kier alpha value is -2.62. The standard InChI is InChI=1S/C21H25NO7S/c1-3-28-17-9-10-18(29-14-13-27-12-11-26-2)20-19(17)21(23)22(30(20,24)25)15-16-7-5-4-6-8-16/h4-10H,3,11-15H2,1-2H3. The van der Waals surface area contributed by atoms with E-state index in [-0.39, 0.29) is 41.7 Å². The van der Waals surface area contributed by atoms with Gasteiger partial charge in [-0.15, -0.1) is 0 Å². The molecule has 0 aromatic heterocycles. The Balaban J connectivity index is 1.89. The number of amides is 1. The van der Waals surface area contributed by atoms with Crippen molar-refractivity contribution in [2.75, 3.05) is 40.1 Å². The molecule has 0 fully saturated rings. The highest BCUT2D eigenvalue weighted by atomic mass is 32.2. The van der Waals surface area contributed by atoms with Crippen LogP contribution in [0.15, 0.2) is 47.4 Å². The summed E-state index contributed by atoms with van der Waals surface area (Å²) in [7, 11) is -2.52. The first-order chi connectivity index (χ1) is 14.5. The van der Waals surface area contributed by atoms with Crippen LogP contribution in [0.4, 0.5) is 0 Å². The summed E-state index contributed by atoms with van der Waals surface area (Å²) in [6.45, 7) is 3.25. The zero-order chi connectivity index (χ0) is 21.6. The fraction of sp³-hybridized carbons (Fsp3) is 0.381. The van der Waals surface area contributed by atoms with Crippen molar-refractivity contribution < 1.29 is 32.2 Å². The number of fused-ring (bicyclic) bond motifs is 1. The largest absolute Gasteiger partial charge is 0.493 e. The van der Waals surface area contributed by atoms with Crippen molar-refractivity contribution in [2.24, 2.45) is 0 Å². The van der Waals surface area contributed by atoms with Crippen molar-refractivity contribution in [3.05, 3.63) is 53.6 Å². The first kappa shape index (κ1) is 22.1. The van der Waals surface area contributed by atoms with E-state index in [9.17, 15) is 13.2 Å². The third kappa shape index (κ3) is 4.58. The van der Waals surface area contributed by atoms with E-state index >= 15 is 0 Å². The molecule has 0 saturated carbocycles. The molecule has 30 heavy (non-hydrogen) atoms. The van der Waals surface area contributed by atoms with Gasteiger partial charge in [0, 0.05) is 7.11 Å². The molecule has 0 saturated heterocycles. The van der Waals surface area contributed by atoms with Crippen LogP contribution in [0.2, 0.25) is 0 Å². The summed E-state index contributed by atoms with van der Waals surface area (Å²) in [4.78, 5) is 12.9. The molecule has 0 spiro atoms. The van der Waals surface area contributed by atoms with Crippen LogP contribution in [0, 0.1) is 0 Å². The maximum atomic E-state index is 13.3. The zero-order valence-corrected chi connectivity index (χ0v) is 17.8. The van der Waals surface area contributed by atoms with E-state index in [1.54, 1.807) is 44.4 Å². The molecular formula is C21H25NO7S. The monoisotopic (exact) mass is 435 g/mol. The summed E-state index contributed by atoms with van der Waals surface area (Å²) in [5.41, 5.74) is 0.708. The minimum absolute atomic E-state index is 0.00517. The van der Waals surface area contributed by atoms with Crippen LogP contribution in [0.5, 0.6) is 11.5 Å². The molecule has 0 unspecified atom stereocenters. The van der Waals surface area contributed by atoms with Gasteiger partial charge in [-0.25, -0.2) is 12.7 Å². The van der Waals surface area contributed by atoms with E-state index in [1.807, 2.05) is 6.07 Å². The van der Waals surface area contributed by atoms with Crippen LogP contribution in [0.25, 0.3) is 0 Å². The molecule has 1 amide bonds. The molecule has 2 aromatic carbocycles. The Kier molecular flexibility index (Phi) is 7.30. The van der Waals surface area contributed by atoms with Crippen molar-refractivity contribution in [2.45, 2.75) is 18.4 Å². The number of benzene rings is 2. The molecule has 0 bridgehead atoms. The van der Waals surface area contributed by atoms with Gasteiger partial charge in [-0.1, -0.05) is 30.3 Å². The first-order valence-electron chi connectivity index (χ1n) is 9.61. The number of rotatable bonds is 11. The topological polar surface area (TPSA) is 91.4 Å².